The Balaban J connectivity index is 2.59. The van der Waals surface area contributed by atoms with Gasteiger partial charge in [0, 0.05) is 0 Å². The van der Waals surface area contributed by atoms with E-state index in [1.807, 2.05) is 0 Å². The fourth-order valence-electron chi connectivity index (χ4n) is 1.09. The number of hydrogen-bond donors (Lipinski definition) is 0. The number of benzene rings is 1. The van der Waals surface area contributed by atoms with Gasteiger partial charge in [0.1, 0.15) is 0 Å². The van der Waals surface area contributed by atoms with Crippen molar-refractivity contribution in [2.24, 2.45) is 0 Å². The fourth-order valence-corrected chi connectivity index (χ4v) is 1.56. The maximum Gasteiger partial charge on any atom is 0.216 e. The molecule has 1 aromatic rings. The second-order valence-corrected chi connectivity index (χ2v) is 5.05. The molecule has 0 nitrogen and oxygen atoms in total. The van der Waals surface area contributed by atoms with Gasteiger partial charge in [-0.2, -0.15) is 0 Å². The van der Waals surface area contributed by atoms with Crippen molar-refractivity contribution in [1.82, 2.24) is 0 Å². The van der Waals surface area contributed by atoms with Gasteiger partial charge in [-0.3, -0.25) is 0 Å². The molecule has 0 bridgehead atoms. The Bertz CT molecular complexity index is 179. The summed E-state index contributed by atoms with van der Waals surface area (Å²) in [5.41, 5.74) is 1.48. The predicted octanol–water partition coefficient (Wildman–Crippen LogP) is 1.67. The molecule has 0 amide bonds. The van der Waals surface area contributed by atoms with Crippen molar-refractivity contribution in [3.8, 4) is 0 Å². The van der Waals surface area contributed by atoms with E-state index in [1.165, 1.54) is 28.3 Å². The van der Waals surface area contributed by atoms with E-state index in [4.69, 9.17) is 0 Å². The van der Waals surface area contributed by atoms with Gasteiger partial charge < -0.3 is 0 Å². The summed E-state index contributed by atoms with van der Waals surface area (Å²) in [6.07, 6.45) is 1.26. The van der Waals surface area contributed by atoms with Gasteiger partial charge in [-0.15, -0.1) is 0 Å². The quantitative estimate of drug-likeness (QED) is 0.560. The largest absolute Gasteiger partial charge is 0.216 e. The summed E-state index contributed by atoms with van der Waals surface area (Å²) in [5, 5.41) is 0. The fraction of sp³-hybridized carbons (Fsp3) is 0.333. The molecule has 0 aliphatic rings. The van der Waals surface area contributed by atoms with Crippen molar-refractivity contribution in [1.29, 1.82) is 0 Å². The maximum atomic E-state index is 2.30. The number of hydrogen-bond acceptors (Lipinski definition) is 0. The number of rotatable bonds is 2. The molecule has 0 saturated carbocycles. The van der Waals surface area contributed by atoms with Gasteiger partial charge in [0.2, 0.25) is 16.3 Å². The molecule has 1 unspecified atom stereocenters. The summed E-state index contributed by atoms with van der Waals surface area (Å²) >= 11 is 1.30. The summed E-state index contributed by atoms with van der Waals surface area (Å²) in [4.78, 5) is 0. The molecular formula is C9H13Al. The minimum absolute atomic E-state index is 0.905. The monoisotopic (exact) mass is 148 g/mol. The van der Waals surface area contributed by atoms with Crippen LogP contribution in [0.2, 0.25) is 4.78 Å². The summed E-state index contributed by atoms with van der Waals surface area (Å²) < 4.78 is 0.905. The van der Waals surface area contributed by atoms with Gasteiger partial charge in [0.25, 0.3) is 0 Å². The molecule has 0 aromatic heterocycles. The zero-order valence-corrected chi connectivity index (χ0v) is 8.67. The van der Waals surface area contributed by atoms with Crippen LogP contribution in [0.15, 0.2) is 30.3 Å². The minimum atomic E-state index is 0.905. The van der Waals surface area contributed by atoms with E-state index in [2.05, 4.69) is 37.3 Å². The lowest BCUT2D eigenvalue weighted by molar-refractivity contribution is 0.916. The highest BCUT2D eigenvalue weighted by molar-refractivity contribution is 6.11. The van der Waals surface area contributed by atoms with E-state index in [0.717, 1.165) is 4.78 Å². The molecule has 10 heavy (non-hydrogen) atoms. The van der Waals surface area contributed by atoms with Crippen molar-refractivity contribution in [3.05, 3.63) is 35.9 Å². The molecule has 0 heterocycles. The molecule has 0 fully saturated rings. The third kappa shape index (κ3) is 2.56. The second-order valence-electron chi connectivity index (χ2n) is 3.08. The molecule has 1 rings (SSSR count). The molecular weight excluding hydrogens is 135 g/mol. The van der Waals surface area contributed by atoms with Crippen LogP contribution in [0.3, 0.4) is 0 Å². The molecule has 0 radical (unpaired) electrons. The third-order valence-electron chi connectivity index (χ3n) is 1.49. The lowest BCUT2D eigenvalue weighted by Crippen LogP contribution is -1.90. The Morgan fingerprint density at radius 1 is 1.30 bits per heavy atom. The van der Waals surface area contributed by atoms with Crippen LogP contribution in [-0.2, 0) is 6.42 Å². The molecule has 0 aliphatic carbocycles. The van der Waals surface area contributed by atoms with Crippen LogP contribution >= 0.6 is 0 Å². The molecule has 1 heteroatoms. The van der Waals surface area contributed by atoms with Crippen molar-refractivity contribution in [2.75, 3.05) is 0 Å². The van der Waals surface area contributed by atoms with E-state index >= 15 is 0 Å². The average Bonchev–Trinajstić information content (AvgIpc) is 1.88. The Morgan fingerprint density at radius 3 is 2.40 bits per heavy atom. The maximum absolute atomic E-state index is 2.30. The standard InChI is InChI=1S/C9H11.Al.2H/c1-2-6-9-7-4-3-5-8-9;;;/h2-5,7-8H,6H2,1H3;;;. The molecule has 0 saturated heterocycles. The summed E-state index contributed by atoms with van der Waals surface area (Å²) in [6.45, 7) is 2.30. The van der Waals surface area contributed by atoms with Crippen LogP contribution in [0.25, 0.3) is 0 Å². The third-order valence-corrected chi connectivity index (χ3v) is 1.90. The Labute approximate surface area is 70.7 Å². The SMILES string of the molecule is C[CH]([AlH2])Cc1ccccc1. The smallest absolute Gasteiger partial charge is 0.0890 e. The zero-order valence-electron chi connectivity index (χ0n) is 6.67. The van der Waals surface area contributed by atoms with Gasteiger partial charge in [0.15, 0.2) is 0 Å². The minimum Gasteiger partial charge on any atom is -0.0890 e. The Hall–Kier alpha value is -0.248. The normalized spacial score (nSPS) is 12.9. The van der Waals surface area contributed by atoms with Gasteiger partial charge in [-0.25, -0.2) is 0 Å². The highest BCUT2D eigenvalue weighted by Gasteiger charge is 1.94. The average molecular weight is 148 g/mol. The van der Waals surface area contributed by atoms with E-state index in [1.54, 1.807) is 0 Å². The van der Waals surface area contributed by atoms with Crippen molar-refractivity contribution >= 4 is 16.3 Å². The molecule has 0 spiro atoms. The molecule has 1 aromatic carbocycles. The van der Waals surface area contributed by atoms with Gasteiger partial charge in [0.05, 0.1) is 0 Å². The van der Waals surface area contributed by atoms with Gasteiger partial charge in [-0.1, -0.05) is 42.0 Å². The first-order chi connectivity index (χ1) is 4.79. The van der Waals surface area contributed by atoms with Crippen LogP contribution in [0.5, 0.6) is 0 Å². The second kappa shape index (κ2) is 3.81. The van der Waals surface area contributed by atoms with Crippen LogP contribution in [-0.4, -0.2) is 16.3 Å². The van der Waals surface area contributed by atoms with Crippen LogP contribution in [0, 0.1) is 0 Å². The van der Waals surface area contributed by atoms with E-state index < -0.39 is 0 Å². The van der Waals surface area contributed by atoms with E-state index in [9.17, 15) is 0 Å². The summed E-state index contributed by atoms with van der Waals surface area (Å²) in [6, 6.07) is 10.7. The van der Waals surface area contributed by atoms with Crippen LogP contribution in [0.4, 0.5) is 0 Å². The molecule has 0 N–H and O–H groups in total. The highest BCUT2D eigenvalue weighted by atomic mass is 27.0. The molecule has 0 aliphatic heterocycles. The molecule has 52 valence electrons. The van der Waals surface area contributed by atoms with Crippen molar-refractivity contribution in [2.45, 2.75) is 18.1 Å². The summed E-state index contributed by atoms with van der Waals surface area (Å²) in [5.74, 6) is 0. The highest BCUT2D eigenvalue weighted by Crippen LogP contribution is 2.08. The zero-order chi connectivity index (χ0) is 7.40. The molecule has 1 atom stereocenters. The lowest BCUT2D eigenvalue weighted by atomic mass is 10.1. The first-order valence-electron chi connectivity index (χ1n) is 3.83. The first kappa shape index (κ1) is 7.86. The Morgan fingerprint density at radius 2 is 1.90 bits per heavy atom. The Kier molecular flexibility index (Phi) is 2.99. The van der Waals surface area contributed by atoms with Crippen LogP contribution < -0.4 is 0 Å². The van der Waals surface area contributed by atoms with Gasteiger partial charge >= 0.3 is 0 Å². The van der Waals surface area contributed by atoms with Crippen molar-refractivity contribution < 1.29 is 0 Å². The van der Waals surface area contributed by atoms with Crippen molar-refractivity contribution in [3.63, 3.8) is 0 Å². The predicted molar refractivity (Wildman–Crippen MR) is 48.1 cm³/mol. The lowest BCUT2D eigenvalue weighted by Gasteiger charge is -2.02. The van der Waals surface area contributed by atoms with Crippen LogP contribution in [0.1, 0.15) is 12.5 Å². The van der Waals surface area contributed by atoms with E-state index in [-0.39, 0.29) is 0 Å². The van der Waals surface area contributed by atoms with Gasteiger partial charge in [-0.05, 0) is 12.0 Å². The topological polar surface area (TPSA) is 0 Å². The summed E-state index contributed by atoms with van der Waals surface area (Å²) in [7, 11) is 0. The first-order valence-corrected chi connectivity index (χ1v) is 4.98. The van der Waals surface area contributed by atoms with E-state index in [0.29, 0.717) is 0 Å².